The lowest BCUT2D eigenvalue weighted by molar-refractivity contribution is 0.0681. The van der Waals surface area contributed by atoms with Gasteiger partial charge in [0.15, 0.2) is 0 Å². The molecule has 0 amide bonds. The van der Waals surface area contributed by atoms with E-state index in [1.165, 1.54) is 17.0 Å². The number of rotatable bonds is 2. The van der Waals surface area contributed by atoms with Gasteiger partial charge < -0.3 is 19.5 Å². The van der Waals surface area contributed by atoms with E-state index in [0.29, 0.717) is 5.69 Å². The number of carboxylic acids is 2. The van der Waals surface area contributed by atoms with Crippen LogP contribution in [0.2, 0.25) is 0 Å². The summed E-state index contributed by atoms with van der Waals surface area (Å²) < 4.78 is 6.22. The van der Waals surface area contributed by atoms with E-state index in [1.807, 2.05) is 0 Å². The van der Waals surface area contributed by atoms with E-state index in [-0.39, 0.29) is 17.9 Å². The van der Waals surface area contributed by atoms with E-state index in [2.05, 4.69) is 0 Å². The van der Waals surface area contributed by atoms with Crippen molar-refractivity contribution in [2.75, 3.05) is 0 Å². The fraction of sp³-hybridized carbons (Fsp3) is 0.111. The van der Waals surface area contributed by atoms with E-state index in [1.54, 1.807) is 0 Å². The van der Waals surface area contributed by atoms with Crippen LogP contribution in [-0.2, 0) is 11.3 Å². The maximum Gasteiger partial charge on any atom is 0.352 e. The van der Waals surface area contributed by atoms with Crippen LogP contribution in [0.15, 0.2) is 12.3 Å². The van der Waals surface area contributed by atoms with Crippen molar-refractivity contribution in [2.45, 2.75) is 6.61 Å². The third-order valence-corrected chi connectivity index (χ3v) is 2.12. The van der Waals surface area contributed by atoms with Gasteiger partial charge in [-0.15, -0.1) is 0 Å². The van der Waals surface area contributed by atoms with Crippen LogP contribution >= 0.6 is 0 Å². The third-order valence-electron chi connectivity index (χ3n) is 2.12. The molecule has 0 unspecified atom stereocenters. The summed E-state index contributed by atoms with van der Waals surface area (Å²) >= 11 is 0. The zero-order chi connectivity index (χ0) is 11.0. The Balaban J connectivity index is 2.66. The average Bonchev–Trinajstić information content (AvgIpc) is 2.56. The summed E-state index contributed by atoms with van der Waals surface area (Å²) in [6.45, 7) is 0.0609. The molecule has 2 heterocycles. The zero-order valence-corrected chi connectivity index (χ0v) is 7.51. The van der Waals surface area contributed by atoms with Gasteiger partial charge >= 0.3 is 11.9 Å². The lowest BCUT2D eigenvalue weighted by Crippen LogP contribution is -2.10. The largest absolute Gasteiger partial charge is 0.493 e. The van der Waals surface area contributed by atoms with Gasteiger partial charge in [0.25, 0.3) is 0 Å². The topological polar surface area (TPSA) is 88.8 Å². The minimum Gasteiger partial charge on any atom is -0.493 e. The van der Waals surface area contributed by atoms with Gasteiger partial charge in [-0.1, -0.05) is 0 Å². The molecule has 0 saturated heterocycles. The first-order chi connectivity index (χ1) is 7.11. The zero-order valence-electron chi connectivity index (χ0n) is 7.51. The highest BCUT2D eigenvalue weighted by molar-refractivity contribution is 5.95. The van der Waals surface area contributed by atoms with Crippen molar-refractivity contribution in [3.05, 3.63) is 29.3 Å². The van der Waals surface area contributed by atoms with Gasteiger partial charge in [0.1, 0.15) is 18.6 Å². The van der Waals surface area contributed by atoms with Crippen molar-refractivity contribution in [1.29, 1.82) is 0 Å². The number of aromatic nitrogens is 1. The van der Waals surface area contributed by atoms with Crippen molar-refractivity contribution in [3.8, 4) is 0 Å². The van der Waals surface area contributed by atoms with E-state index < -0.39 is 11.9 Å². The van der Waals surface area contributed by atoms with E-state index in [0.717, 1.165) is 6.07 Å². The molecule has 1 aliphatic heterocycles. The molecule has 6 heteroatoms. The summed E-state index contributed by atoms with van der Waals surface area (Å²) in [7, 11) is 0. The summed E-state index contributed by atoms with van der Waals surface area (Å²) in [5, 5.41) is 17.7. The number of carboxylic acid groups (broad SMARTS) is 2. The van der Waals surface area contributed by atoms with Crippen molar-refractivity contribution in [2.24, 2.45) is 0 Å². The van der Waals surface area contributed by atoms with Crippen LogP contribution in [0.4, 0.5) is 0 Å². The van der Waals surface area contributed by atoms with Crippen LogP contribution in [0, 0.1) is 0 Å². The maximum atomic E-state index is 10.8. The smallest absolute Gasteiger partial charge is 0.352 e. The highest BCUT2D eigenvalue weighted by Crippen LogP contribution is 2.21. The Labute approximate surface area is 84.0 Å². The van der Waals surface area contributed by atoms with Crippen LogP contribution in [0.1, 0.15) is 26.5 Å². The van der Waals surface area contributed by atoms with E-state index >= 15 is 0 Å². The maximum absolute atomic E-state index is 10.8. The summed E-state index contributed by atoms with van der Waals surface area (Å²) in [5.74, 6) is -2.33. The second-order valence-corrected chi connectivity index (χ2v) is 2.97. The quantitative estimate of drug-likeness (QED) is 0.753. The molecular formula is C9H7NO5. The minimum absolute atomic E-state index is 0.0447. The molecule has 0 aliphatic carbocycles. The Kier molecular flexibility index (Phi) is 1.96. The van der Waals surface area contributed by atoms with Gasteiger partial charge in [-0.25, -0.2) is 9.59 Å². The summed E-state index contributed by atoms with van der Waals surface area (Å²) in [5.41, 5.74) is 0.209. The molecule has 0 atom stereocenters. The highest BCUT2D eigenvalue weighted by Gasteiger charge is 2.23. The number of nitrogens with zero attached hydrogens (tertiary/aromatic N) is 1. The van der Waals surface area contributed by atoms with Crippen molar-refractivity contribution in [1.82, 2.24) is 4.57 Å². The molecule has 2 N–H and O–H groups in total. The Bertz CT molecular complexity index is 471. The minimum atomic E-state index is -1.17. The molecule has 1 aromatic heterocycles. The van der Waals surface area contributed by atoms with Crippen molar-refractivity contribution >= 4 is 18.1 Å². The van der Waals surface area contributed by atoms with Crippen molar-refractivity contribution in [3.63, 3.8) is 0 Å². The number of hydrogen-bond donors (Lipinski definition) is 2. The van der Waals surface area contributed by atoms with Crippen LogP contribution < -0.4 is 0 Å². The predicted octanol–water partition coefficient (Wildman–Crippen LogP) is 0.843. The van der Waals surface area contributed by atoms with Crippen LogP contribution in [0.25, 0.3) is 6.20 Å². The lowest BCUT2D eigenvalue weighted by Gasteiger charge is -2.11. The molecule has 2 rings (SSSR count). The molecule has 0 aromatic carbocycles. The monoisotopic (exact) mass is 209 g/mol. The standard InChI is InChI=1S/C9H7NO5/c11-8(12)5-3-6(9(13)14)10-1-2-15-4-7(5)10/h1-3H,4H2,(H,11,12)(H,13,14). The molecule has 0 fully saturated rings. The van der Waals surface area contributed by atoms with E-state index in [9.17, 15) is 9.59 Å². The van der Waals surface area contributed by atoms with Gasteiger partial charge in [-0.2, -0.15) is 0 Å². The van der Waals surface area contributed by atoms with Crippen LogP contribution in [0.3, 0.4) is 0 Å². The molecule has 1 aliphatic rings. The number of carbonyl (C=O) groups is 2. The molecule has 0 radical (unpaired) electrons. The molecule has 6 nitrogen and oxygen atoms in total. The Morgan fingerprint density at radius 3 is 2.67 bits per heavy atom. The van der Waals surface area contributed by atoms with E-state index in [4.69, 9.17) is 14.9 Å². The molecular weight excluding hydrogens is 202 g/mol. The summed E-state index contributed by atoms with van der Waals surface area (Å²) in [6, 6.07) is 1.12. The predicted molar refractivity (Wildman–Crippen MR) is 48.5 cm³/mol. The number of hydrogen-bond acceptors (Lipinski definition) is 3. The SMILES string of the molecule is O=C(O)c1cc(C(=O)O)n2c1COC=C2. The van der Waals surface area contributed by atoms with Gasteiger partial charge in [-0.05, 0) is 6.07 Å². The number of ether oxygens (including phenoxy) is 1. The first-order valence-corrected chi connectivity index (χ1v) is 4.10. The van der Waals surface area contributed by atoms with Gasteiger partial charge in [-0.3, -0.25) is 0 Å². The molecule has 1 aromatic rings. The van der Waals surface area contributed by atoms with Crippen LogP contribution in [0.5, 0.6) is 0 Å². The second kappa shape index (κ2) is 3.16. The summed E-state index contributed by atoms with van der Waals surface area (Å²) in [6.07, 6.45) is 2.71. The normalized spacial score (nSPS) is 13.1. The lowest BCUT2D eigenvalue weighted by atomic mass is 10.2. The fourth-order valence-corrected chi connectivity index (χ4v) is 1.46. The first kappa shape index (κ1) is 9.32. The molecule has 78 valence electrons. The molecule has 0 saturated carbocycles. The third kappa shape index (κ3) is 1.35. The number of aromatic carboxylic acids is 2. The Morgan fingerprint density at radius 1 is 1.33 bits per heavy atom. The molecule has 0 spiro atoms. The first-order valence-electron chi connectivity index (χ1n) is 4.10. The number of fused-ring (bicyclic) bond motifs is 1. The molecule has 15 heavy (non-hydrogen) atoms. The summed E-state index contributed by atoms with van der Waals surface area (Å²) in [4.78, 5) is 21.6. The van der Waals surface area contributed by atoms with Crippen molar-refractivity contribution < 1.29 is 24.5 Å². The average molecular weight is 209 g/mol. The van der Waals surface area contributed by atoms with Gasteiger partial charge in [0.05, 0.1) is 11.3 Å². The Morgan fingerprint density at radius 2 is 2.07 bits per heavy atom. The van der Waals surface area contributed by atoms with Gasteiger partial charge in [0, 0.05) is 6.20 Å². The van der Waals surface area contributed by atoms with Gasteiger partial charge in [0.2, 0.25) is 0 Å². The Hall–Kier alpha value is -2.24. The molecule has 0 bridgehead atoms. The van der Waals surface area contributed by atoms with Crippen LogP contribution in [-0.4, -0.2) is 26.7 Å². The highest BCUT2D eigenvalue weighted by atomic mass is 16.5. The second-order valence-electron chi connectivity index (χ2n) is 2.97. The fourth-order valence-electron chi connectivity index (χ4n) is 1.46.